The number of ether oxygens (including phenoxy) is 3. The fraction of sp³-hybridized carbons (Fsp3) is 0.111. The van der Waals surface area contributed by atoms with Crippen LogP contribution in [0.3, 0.4) is 0 Å². The van der Waals surface area contributed by atoms with Crippen LogP contribution in [0.1, 0.15) is 11.1 Å². The highest BCUT2D eigenvalue weighted by Crippen LogP contribution is 2.28. The summed E-state index contributed by atoms with van der Waals surface area (Å²) in [4.78, 5) is 16.3. The predicted octanol–water partition coefficient (Wildman–Crippen LogP) is 3.70. The Morgan fingerprint density at radius 1 is 1.08 bits per heavy atom. The van der Waals surface area contributed by atoms with Gasteiger partial charge in [0.2, 0.25) is 5.90 Å². The summed E-state index contributed by atoms with van der Waals surface area (Å²) in [5.41, 5.74) is 1.54. The van der Waals surface area contributed by atoms with Crippen molar-refractivity contribution in [1.82, 2.24) is 0 Å². The standard InChI is InChI=1S/C18H14ClNO4/c1-22-13-6-3-11(4-7-13)9-15-18(21)24-17(20-15)14-10-12(19)5-8-16(14)23-2/h3-10H,1-2H3/b15-9+. The molecule has 0 amide bonds. The normalized spacial score (nSPS) is 15.2. The quantitative estimate of drug-likeness (QED) is 0.627. The van der Waals surface area contributed by atoms with Crippen molar-refractivity contribution in [3.8, 4) is 11.5 Å². The van der Waals surface area contributed by atoms with E-state index in [2.05, 4.69) is 4.99 Å². The Bertz CT molecular complexity index is 841. The SMILES string of the molecule is COc1ccc(/C=C2/N=C(c3cc(Cl)ccc3OC)OC2=O)cc1. The third-order valence-corrected chi connectivity index (χ3v) is 3.67. The van der Waals surface area contributed by atoms with E-state index in [0.29, 0.717) is 16.3 Å². The maximum Gasteiger partial charge on any atom is 0.363 e. The van der Waals surface area contributed by atoms with Gasteiger partial charge in [-0.1, -0.05) is 23.7 Å². The Hall–Kier alpha value is -2.79. The molecule has 0 N–H and O–H groups in total. The molecule has 1 aliphatic rings. The van der Waals surface area contributed by atoms with Crippen LogP contribution in [-0.2, 0) is 9.53 Å². The number of nitrogens with zero attached hydrogens (tertiary/aromatic N) is 1. The Morgan fingerprint density at radius 2 is 1.83 bits per heavy atom. The first-order valence-electron chi connectivity index (χ1n) is 7.11. The van der Waals surface area contributed by atoms with E-state index in [1.807, 2.05) is 12.1 Å². The van der Waals surface area contributed by atoms with Crippen molar-refractivity contribution in [3.63, 3.8) is 0 Å². The lowest BCUT2D eigenvalue weighted by Gasteiger charge is -2.07. The lowest BCUT2D eigenvalue weighted by Crippen LogP contribution is -2.07. The molecule has 0 saturated carbocycles. The van der Waals surface area contributed by atoms with Crippen LogP contribution in [0, 0.1) is 0 Å². The Balaban J connectivity index is 1.95. The molecule has 5 nitrogen and oxygen atoms in total. The number of hydrogen-bond donors (Lipinski definition) is 0. The number of hydrogen-bond acceptors (Lipinski definition) is 5. The molecule has 6 heteroatoms. The number of aliphatic imine (C=N–C) groups is 1. The molecule has 2 aromatic rings. The summed E-state index contributed by atoms with van der Waals surface area (Å²) in [6.45, 7) is 0. The van der Waals surface area contributed by atoms with E-state index in [1.54, 1.807) is 43.5 Å². The summed E-state index contributed by atoms with van der Waals surface area (Å²) < 4.78 is 15.6. The summed E-state index contributed by atoms with van der Waals surface area (Å²) in [5, 5.41) is 0.497. The molecule has 1 heterocycles. The minimum atomic E-state index is -0.525. The number of halogens is 1. The molecule has 1 aliphatic heterocycles. The predicted molar refractivity (Wildman–Crippen MR) is 91.6 cm³/mol. The van der Waals surface area contributed by atoms with Gasteiger partial charge in [0.1, 0.15) is 11.5 Å². The van der Waals surface area contributed by atoms with Crippen LogP contribution in [0.4, 0.5) is 0 Å². The molecule has 0 saturated heterocycles. The third kappa shape index (κ3) is 3.26. The topological polar surface area (TPSA) is 57.1 Å². The van der Waals surface area contributed by atoms with Crippen molar-refractivity contribution in [2.45, 2.75) is 0 Å². The van der Waals surface area contributed by atoms with Crippen LogP contribution in [0.5, 0.6) is 11.5 Å². The minimum absolute atomic E-state index is 0.166. The van der Waals surface area contributed by atoms with Gasteiger partial charge in [-0.15, -0.1) is 0 Å². The van der Waals surface area contributed by atoms with Crippen LogP contribution in [0.2, 0.25) is 5.02 Å². The van der Waals surface area contributed by atoms with Crippen LogP contribution < -0.4 is 9.47 Å². The second kappa shape index (κ2) is 6.76. The number of benzene rings is 2. The van der Waals surface area contributed by atoms with Crippen molar-refractivity contribution in [2.24, 2.45) is 4.99 Å². The molecule has 0 aromatic heterocycles. The van der Waals surface area contributed by atoms with Gasteiger partial charge in [-0.25, -0.2) is 9.79 Å². The highest BCUT2D eigenvalue weighted by Gasteiger charge is 2.26. The van der Waals surface area contributed by atoms with E-state index in [1.165, 1.54) is 7.11 Å². The highest BCUT2D eigenvalue weighted by atomic mass is 35.5. The summed E-state index contributed by atoms with van der Waals surface area (Å²) in [6, 6.07) is 12.3. The summed E-state index contributed by atoms with van der Waals surface area (Å²) in [5.74, 6) is 0.901. The number of esters is 1. The summed E-state index contributed by atoms with van der Waals surface area (Å²) in [7, 11) is 3.12. The largest absolute Gasteiger partial charge is 0.497 e. The number of carbonyl (C=O) groups excluding carboxylic acids is 1. The van der Waals surface area contributed by atoms with E-state index in [9.17, 15) is 4.79 Å². The molecule has 24 heavy (non-hydrogen) atoms. The van der Waals surface area contributed by atoms with E-state index in [4.69, 9.17) is 25.8 Å². The van der Waals surface area contributed by atoms with E-state index < -0.39 is 5.97 Å². The molecule has 122 valence electrons. The van der Waals surface area contributed by atoms with Gasteiger partial charge >= 0.3 is 5.97 Å². The van der Waals surface area contributed by atoms with Crippen molar-refractivity contribution < 1.29 is 19.0 Å². The smallest absolute Gasteiger partial charge is 0.363 e. The summed E-state index contributed by atoms with van der Waals surface area (Å²) in [6.07, 6.45) is 1.64. The Labute approximate surface area is 144 Å². The third-order valence-electron chi connectivity index (χ3n) is 3.43. The molecule has 0 aliphatic carbocycles. The Morgan fingerprint density at radius 3 is 2.50 bits per heavy atom. The van der Waals surface area contributed by atoms with E-state index >= 15 is 0 Å². The molecule has 0 spiro atoms. The van der Waals surface area contributed by atoms with Crippen molar-refractivity contribution in [2.75, 3.05) is 14.2 Å². The van der Waals surface area contributed by atoms with Crippen LogP contribution in [0.25, 0.3) is 6.08 Å². The molecule has 0 bridgehead atoms. The van der Waals surface area contributed by atoms with Crippen molar-refractivity contribution in [1.29, 1.82) is 0 Å². The minimum Gasteiger partial charge on any atom is -0.497 e. The van der Waals surface area contributed by atoms with Gasteiger partial charge in [0.25, 0.3) is 0 Å². The molecule has 2 aromatic carbocycles. The molecule has 0 unspecified atom stereocenters. The highest BCUT2D eigenvalue weighted by molar-refractivity contribution is 6.31. The lowest BCUT2D eigenvalue weighted by molar-refractivity contribution is -0.129. The zero-order valence-corrected chi connectivity index (χ0v) is 13.8. The van der Waals surface area contributed by atoms with Crippen molar-refractivity contribution >= 4 is 29.5 Å². The molecule has 3 rings (SSSR count). The second-order valence-electron chi connectivity index (χ2n) is 4.95. The van der Waals surface area contributed by atoms with Crippen LogP contribution >= 0.6 is 11.6 Å². The van der Waals surface area contributed by atoms with Gasteiger partial charge in [0, 0.05) is 5.02 Å². The zero-order chi connectivity index (χ0) is 17.1. The average Bonchev–Trinajstić information content (AvgIpc) is 2.96. The Kier molecular flexibility index (Phi) is 4.53. The van der Waals surface area contributed by atoms with Crippen molar-refractivity contribution in [3.05, 3.63) is 64.3 Å². The molecular weight excluding hydrogens is 330 g/mol. The first kappa shape index (κ1) is 16.1. The van der Waals surface area contributed by atoms with E-state index in [-0.39, 0.29) is 11.6 Å². The zero-order valence-electron chi connectivity index (χ0n) is 13.1. The number of methoxy groups -OCH3 is 2. The van der Waals surface area contributed by atoms with Gasteiger partial charge in [-0.05, 0) is 42.0 Å². The number of carbonyl (C=O) groups is 1. The van der Waals surface area contributed by atoms with Gasteiger partial charge < -0.3 is 14.2 Å². The summed E-state index contributed by atoms with van der Waals surface area (Å²) >= 11 is 6.01. The average molecular weight is 344 g/mol. The van der Waals surface area contributed by atoms with Gasteiger partial charge in [-0.3, -0.25) is 0 Å². The molecule has 0 radical (unpaired) electrons. The monoisotopic (exact) mass is 343 g/mol. The first-order chi connectivity index (χ1) is 11.6. The molecule has 0 atom stereocenters. The maximum absolute atomic E-state index is 12.1. The van der Waals surface area contributed by atoms with Gasteiger partial charge in [-0.2, -0.15) is 0 Å². The second-order valence-corrected chi connectivity index (χ2v) is 5.39. The molecule has 0 fully saturated rings. The fourth-order valence-electron chi connectivity index (χ4n) is 2.23. The van der Waals surface area contributed by atoms with Crippen LogP contribution in [0.15, 0.2) is 53.2 Å². The van der Waals surface area contributed by atoms with Gasteiger partial charge in [0.15, 0.2) is 5.70 Å². The van der Waals surface area contributed by atoms with Gasteiger partial charge in [0.05, 0.1) is 19.8 Å². The first-order valence-corrected chi connectivity index (χ1v) is 7.49. The van der Waals surface area contributed by atoms with Crippen LogP contribution in [-0.4, -0.2) is 26.1 Å². The maximum atomic E-state index is 12.1. The number of rotatable bonds is 4. The molecular formula is C18H14ClNO4. The lowest BCUT2D eigenvalue weighted by atomic mass is 10.2. The number of cyclic esters (lactones) is 1. The van der Waals surface area contributed by atoms with E-state index in [0.717, 1.165) is 11.3 Å². The fourth-order valence-corrected chi connectivity index (χ4v) is 2.40.